The second-order valence-electron chi connectivity index (χ2n) is 8.19. The van der Waals surface area contributed by atoms with Crippen molar-refractivity contribution in [3.8, 4) is 16.4 Å². The lowest BCUT2D eigenvalue weighted by Crippen LogP contribution is -2.13. The van der Waals surface area contributed by atoms with Crippen LogP contribution >= 0.6 is 34.5 Å². The standard InChI is InChI=1S/C23H20Cl2N4O4S2.CO2/c1-13(2)35(32,33)22-21(16-8-9-18(24)19(25)11-16)26-23(34-22)28-12-17(14(3)27-28)10-15-6-4-5-7-20(15)29(30)31;2-1-3/h4-9,11-13H,10H2,1-3H3;. The van der Waals surface area contributed by atoms with Crippen LogP contribution in [0.3, 0.4) is 0 Å². The van der Waals surface area contributed by atoms with Crippen molar-refractivity contribution in [1.82, 2.24) is 14.8 Å². The third-order valence-corrected chi connectivity index (χ3v) is 9.90. The number of rotatable bonds is 7. The number of sulfone groups is 1. The van der Waals surface area contributed by atoms with E-state index in [9.17, 15) is 18.5 Å². The molecular weight excluding hydrogens is 575 g/mol. The van der Waals surface area contributed by atoms with E-state index in [4.69, 9.17) is 32.8 Å². The van der Waals surface area contributed by atoms with Gasteiger partial charge in [0.05, 0.1) is 25.9 Å². The van der Waals surface area contributed by atoms with Gasteiger partial charge < -0.3 is 0 Å². The Balaban J connectivity index is 0.00000127. The first-order valence-electron chi connectivity index (χ1n) is 10.9. The molecule has 0 radical (unpaired) electrons. The molecule has 0 N–H and O–H groups in total. The summed E-state index contributed by atoms with van der Waals surface area (Å²) in [7, 11) is -3.67. The largest absolute Gasteiger partial charge is 0.373 e. The van der Waals surface area contributed by atoms with Gasteiger partial charge >= 0.3 is 6.15 Å². The van der Waals surface area contributed by atoms with E-state index in [0.717, 1.165) is 16.9 Å². The van der Waals surface area contributed by atoms with Gasteiger partial charge in [0.15, 0.2) is 9.84 Å². The number of hydrogen-bond donors (Lipinski definition) is 0. The summed E-state index contributed by atoms with van der Waals surface area (Å²) in [5, 5.41) is 16.2. The van der Waals surface area contributed by atoms with E-state index in [1.807, 2.05) is 0 Å². The van der Waals surface area contributed by atoms with Gasteiger partial charge in [-0.05, 0) is 38.5 Å². The second kappa shape index (κ2) is 12.0. The van der Waals surface area contributed by atoms with Gasteiger partial charge in [-0.1, -0.05) is 58.8 Å². The molecule has 0 bridgehead atoms. The minimum Gasteiger partial charge on any atom is -0.258 e. The van der Waals surface area contributed by atoms with E-state index in [1.54, 1.807) is 63.4 Å². The van der Waals surface area contributed by atoms with Crippen LogP contribution in [0.25, 0.3) is 16.4 Å². The fraction of sp³-hybridized carbons (Fsp3) is 0.208. The molecule has 0 fully saturated rings. The number of hydrogen-bond acceptors (Lipinski definition) is 9. The SMILES string of the molecule is Cc1nn(-c2nc(-c3ccc(Cl)c(Cl)c3)c(S(=O)(=O)C(C)C)s2)cc1Cc1ccccc1[N+](=O)[O-].O=C=O. The number of nitrogens with zero attached hydrogens (tertiary/aromatic N) is 4. The lowest BCUT2D eigenvalue weighted by molar-refractivity contribution is -0.385. The lowest BCUT2D eigenvalue weighted by atomic mass is 10.0. The molecule has 10 nitrogen and oxygen atoms in total. The van der Waals surface area contributed by atoms with Crippen molar-refractivity contribution in [2.24, 2.45) is 0 Å². The van der Waals surface area contributed by atoms with Crippen molar-refractivity contribution in [3.05, 3.63) is 85.6 Å². The molecular formula is C24H20Cl2N4O6S2. The number of aromatic nitrogens is 3. The summed E-state index contributed by atoms with van der Waals surface area (Å²) in [4.78, 5) is 31.8. The minimum atomic E-state index is -3.67. The first-order chi connectivity index (χ1) is 17.9. The molecule has 14 heteroatoms. The molecule has 0 unspecified atom stereocenters. The smallest absolute Gasteiger partial charge is 0.258 e. The fourth-order valence-electron chi connectivity index (χ4n) is 3.44. The Morgan fingerprint density at radius 3 is 2.37 bits per heavy atom. The third kappa shape index (κ3) is 6.17. The summed E-state index contributed by atoms with van der Waals surface area (Å²) in [6, 6.07) is 11.4. The zero-order chi connectivity index (χ0) is 28.2. The molecule has 0 spiro atoms. The highest BCUT2D eigenvalue weighted by Gasteiger charge is 2.29. The molecule has 0 saturated heterocycles. The highest BCUT2D eigenvalue weighted by atomic mass is 35.5. The van der Waals surface area contributed by atoms with Gasteiger partial charge in [0.2, 0.25) is 5.13 Å². The van der Waals surface area contributed by atoms with E-state index in [0.29, 0.717) is 33.4 Å². The van der Waals surface area contributed by atoms with Gasteiger partial charge in [0.25, 0.3) is 5.69 Å². The maximum atomic E-state index is 13.2. The zero-order valence-electron chi connectivity index (χ0n) is 20.2. The topological polar surface area (TPSA) is 142 Å². The van der Waals surface area contributed by atoms with Gasteiger partial charge in [0, 0.05) is 29.8 Å². The van der Waals surface area contributed by atoms with Crippen molar-refractivity contribution >= 4 is 56.2 Å². The van der Waals surface area contributed by atoms with Gasteiger partial charge in [-0.25, -0.2) is 18.1 Å². The van der Waals surface area contributed by atoms with Gasteiger partial charge in [0.1, 0.15) is 9.90 Å². The zero-order valence-corrected chi connectivity index (χ0v) is 23.4. The molecule has 2 aromatic heterocycles. The Kier molecular flexibility index (Phi) is 9.18. The quantitative estimate of drug-likeness (QED) is 0.195. The van der Waals surface area contributed by atoms with Crippen LogP contribution in [0.1, 0.15) is 30.7 Å². The molecule has 4 rings (SSSR count). The number of para-hydroxylation sites is 1. The average molecular weight is 595 g/mol. The van der Waals surface area contributed by atoms with Gasteiger partial charge in [-0.15, -0.1) is 0 Å². The maximum Gasteiger partial charge on any atom is 0.373 e. The van der Waals surface area contributed by atoms with Gasteiger partial charge in [-0.3, -0.25) is 10.1 Å². The molecule has 0 atom stereocenters. The summed E-state index contributed by atoms with van der Waals surface area (Å²) >= 11 is 13.2. The maximum absolute atomic E-state index is 13.2. The fourth-order valence-corrected chi connectivity index (χ4v) is 6.61. The van der Waals surface area contributed by atoms with E-state index < -0.39 is 20.0 Å². The van der Waals surface area contributed by atoms with Crippen molar-refractivity contribution < 1.29 is 22.9 Å². The number of thiazole rings is 1. The summed E-state index contributed by atoms with van der Waals surface area (Å²) in [6.07, 6.45) is 2.26. The van der Waals surface area contributed by atoms with Crippen LogP contribution in [0, 0.1) is 17.0 Å². The Morgan fingerprint density at radius 2 is 1.76 bits per heavy atom. The molecule has 198 valence electrons. The Labute approximate surface area is 231 Å². The molecule has 4 aromatic rings. The Bertz CT molecular complexity index is 1640. The third-order valence-electron chi connectivity index (χ3n) is 5.42. The van der Waals surface area contributed by atoms with E-state index in [1.165, 1.54) is 10.7 Å². The molecule has 0 aliphatic heterocycles. The Hall–Kier alpha value is -3.41. The van der Waals surface area contributed by atoms with Crippen LogP contribution in [0.5, 0.6) is 0 Å². The molecule has 0 aliphatic carbocycles. The summed E-state index contributed by atoms with van der Waals surface area (Å²) in [6.45, 7) is 5.01. The molecule has 38 heavy (non-hydrogen) atoms. The predicted molar refractivity (Wildman–Crippen MR) is 143 cm³/mol. The highest BCUT2D eigenvalue weighted by molar-refractivity contribution is 7.94. The normalized spacial score (nSPS) is 11.1. The first kappa shape index (κ1) is 29.2. The van der Waals surface area contributed by atoms with E-state index in [2.05, 4.69) is 10.1 Å². The molecule has 2 heterocycles. The summed E-state index contributed by atoms with van der Waals surface area (Å²) in [5.74, 6) is 0. The first-order valence-corrected chi connectivity index (χ1v) is 14.0. The van der Waals surface area contributed by atoms with Crippen molar-refractivity contribution in [2.45, 2.75) is 36.7 Å². The molecule has 0 amide bonds. The highest BCUT2D eigenvalue weighted by Crippen LogP contribution is 2.38. The summed E-state index contributed by atoms with van der Waals surface area (Å²) in [5.41, 5.74) is 2.79. The van der Waals surface area contributed by atoms with Crippen LogP contribution in [0.15, 0.2) is 52.9 Å². The van der Waals surface area contributed by atoms with Crippen LogP contribution < -0.4 is 0 Å². The number of aryl methyl sites for hydroxylation is 1. The summed E-state index contributed by atoms with van der Waals surface area (Å²) < 4.78 is 27.9. The Morgan fingerprint density at radius 1 is 1.11 bits per heavy atom. The van der Waals surface area contributed by atoms with Crippen molar-refractivity contribution in [2.75, 3.05) is 0 Å². The molecule has 2 aromatic carbocycles. The van der Waals surface area contributed by atoms with Crippen LogP contribution in [-0.4, -0.2) is 39.5 Å². The predicted octanol–water partition coefficient (Wildman–Crippen LogP) is 5.71. The second-order valence-corrected chi connectivity index (χ2v) is 12.7. The van der Waals surface area contributed by atoms with Crippen LogP contribution in [0.4, 0.5) is 5.69 Å². The number of nitro groups is 1. The van der Waals surface area contributed by atoms with Gasteiger partial charge in [-0.2, -0.15) is 14.7 Å². The lowest BCUT2D eigenvalue weighted by Gasteiger charge is -2.08. The van der Waals surface area contributed by atoms with E-state index in [-0.39, 0.29) is 26.8 Å². The van der Waals surface area contributed by atoms with E-state index >= 15 is 0 Å². The number of benzene rings is 2. The average Bonchev–Trinajstić information content (AvgIpc) is 3.46. The molecule has 0 aliphatic rings. The van der Waals surface area contributed by atoms with Crippen molar-refractivity contribution in [3.63, 3.8) is 0 Å². The number of nitro benzene ring substituents is 1. The van der Waals surface area contributed by atoms with Crippen molar-refractivity contribution in [1.29, 1.82) is 0 Å². The van der Waals surface area contributed by atoms with Crippen LogP contribution in [-0.2, 0) is 25.8 Å². The molecule has 0 saturated carbocycles. The number of halogens is 2. The minimum absolute atomic E-state index is 0.0288. The monoisotopic (exact) mass is 594 g/mol. The van der Waals surface area contributed by atoms with Crippen LogP contribution in [0.2, 0.25) is 10.0 Å². The number of carbonyl (C=O) groups excluding carboxylic acids is 2.